The van der Waals surface area contributed by atoms with Crippen molar-refractivity contribution in [1.82, 2.24) is 19.4 Å². The summed E-state index contributed by atoms with van der Waals surface area (Å²) < 4.78 is 2.09. The second kappa shape index (κ2) is 8.73. The van der Waals surface area contributed by atoms with E-state index >= 15 is 0 Å². The number of nitrogens with two attached hydrogens (primary N) is 1. The van der Waals surface area contributed by atoms with E-state index in [4.69, 9.17) is 5.73 Å². The summed E-state index contributed by atoms with van der Waals surface area (Å²) in [5, 5.41) is 3.57. The Morgan fingerprint density at radius 1 is 1.35 bits per heavy atom. The van der Waals surface area contributed by atoms with Crippen LogP contribution in [0.2, 0.25) is 0 Å². The van der Waals surface area contributed by atoms with Gasteiger partial charge in [-0.25, -0.2) is 0 Å². The Balaban J connectivity index is 1.72. The van der Waals surface area contributed by atoms with Crippen LogP contribution in [0.25, 0.3) is 22.7 Å². The number of hydrogen-bond donors (Lipinski definition) is 2. The van der Waals surface area contributed by atoms with Crippen molar-refractivity contribution in [2.45, 2.75) is 19.4 Å². The van der Waals surface area contributed by atoms with Crippen LogP contribution in [0.15, 0.2) is 49.4 Å². The summed E-state index contributed by atoms with van der Waals surface area (Å²) >= 11 is 0. The maximum Gasteiger partial charge on any atom is 0.236 e. The fourth-order valence-electron chi connectivity index (χ4n) is 4.12. The Morgan fingerprint density at radius 3 is 2.87 bits per heavy atom. The van der Waals surface area contributed by atoms with Crippen LogP contribution in [-0.4, -0.2) is 51.0 Å². The molecule has 1 atom stereocenters. The Labute approximate surface area is 182 Å². The van der Waals surface area contributed by atoms with Crippen molar-refractivity contribution in [3.05, 3.63) is 66.3 Å². The molecular formula is C24H28N6O. The molecule has 0 unspecified atom stereocenters. The van der Waals surface area contributed by atoms with Crippen molar-refractivity contribution in [3.63, 3.8) is 0 Å². The van der Waals surface area contributed by atoms with Crippen LogP contribution < -0.4 is 11.1 Å². The Hall–Kier alpha value is -3.45. The third-order valence-electron chi connectivity index (χ3n) is 5.82. The lowest BCUT2D eigenvalue weighted by Gasteiger charge is -2.18. The number of nitrogens with zero attached hydrogens (tertiary/aromatic N) is 4. The van der Waals surface area contributed by atoms with Gasteiger partial charge in [0.1, 0.15) is 0 Å². The first-order valence-corrected chi connectivity index (χ1v) is 10.5. The summed E-state index contributed by atoms with van der Waals surface area (Å²) in [6, 6.07) is 6.37. The van der Waals surface area contributed by atoms with Gasteiger partial charge in [-0.15, -0.1) is 0 Å². The highest BCUT2D eigenvalue weighted by atomic mass is 16.2. The maximum absolute atomic E-state index is 11.9. The smallest absolute Gasteiger partial charge is 0.236 e. The third kappa shape index (κ3) is 4.22. The predicted molar refractivity (Wildman–Crippen MR) is 125 cm³/mol. The first-order chi connectivity index (χ1) is 15.0. The molecule has 3 N–H and O–H groups in total. The van der Waals surface area contributed by atoms with Gasteiger partial charge in [0.25, 0.3) is 0 Å². The number of nitrogens with one attached hydrogen (secondary N) is 1. The molecule has 1 amide bonds. The summed E-state index contributed by atoms with van der Waals surface area (Å²) in [6.07, 6.45) is 10.3. The van der Waals surface area contributed by atoms with Crippen molar-refractivity contribution in [2.24, 2.45) is 12.8 Å². The second-order valence-corrected chi connectivity index (χ2v) is 7.92. The maximum atomic E-state index is 11.9. The second-order valence-electron chi connectivity index (χ2n) is 7.92. The van der Waals surface area contributed by atoms with E-state index in [-0.39, 0.29) is 18.5 Å². The number of aromatic nitrogens is 3. The number of allylic oxidation sites excluding steroid dienone is 2. The molecular weight excluding hydrogens is 388 g/mol. The van der Waals surface area contributed by atoms with E-state index in [9.17, 15) is 4.79 Å². The van der Waals surface area contributed by atoms with Gasteiger partial charge in [-0.3, -0.25) is 14.8 Å². The summed E-state index contributed by atoms with van der Waals surface area (Å²) in [5.74, 6) is -0.0100. The molecule has 7 heteroatoms. The average Bonchev–Trinajstić information content (AvgIpc) is 3.37. The molecule has 1 aliphatic heterocycles. The van der Waals surface area contributed by atoms with Crippen molar-refractivity contribution in [2.75, 3.05) is 25.0 Å². The molecule has 0 spiro atoms. The molecule has 0 bridgehead atoms. The Morgan fingerprint density at radius 2 is 2.16 bits per heavy atom. The van der Waals surface area contributed by atoms with Gasteiger partial charge in [-0.2, -0.15) is 0 Å². The van der Waals surface area contributed by atoms with E-state index in [0.717, 1.165) is 46.5 Å². The summed E-state index contributed by atoms with van der Waals surface area (Å²) in [7, 11) is 2.03. The molecule has 4 rings (SSSR count). The average molecular weight is 417 g/mol. The number of carbonyl (C=O) groups excluding carboxylic acids is 1. The van der Waals surface area contributed by atoms with Gasteiger partial charge < -0.3 is 20.5 Å². The molecule has 0 radical (unpaired) electrons. The van der Waals surface area contributed by atoms with Crippen LogP contribution in [0, 0.1) is 6.92 Å². The number of carbonyl (C=O) groups is 1. The molecule has 7 nitrogen and oxygen atoms in total. The number of fused-ring (bicyclic) bond motifs is 1. The fraction of sp³-hybridized carbons (Fsp3) is 0.292. The van der Waals surface area contributed by atoms with Crippen LogP contribution in [0.4, 0.5) is 5.69 Å². The van der Waals surface area contributed by atoms with Crippen molar-refractivity contribution in [1.29, 1.82) is 0 Å². The van der Waals surface area contributed by atoms with E-state index < -0.39 is 0 Å². The van der Waals surface area contributed by atoms with Gasteiger partial charge in [0.05, 0.1) is 17.6 Å². The monoisotopic (exact) mass is 416 g/mol. The van der Waals surface area contributed by atoms with Gasteiger partial charge in [0.15, 0.2) is 0 Å². The summed E-state index contributed by atoms with van der Waals surface area (Å²) in [4.78, 5) is 22.8. The number of likely N-dealkylation sites (tertiary alicyclic amines) is 1. The SMILES string of the molecule is C=C/C(=C\c1c(C)ccn1C)c1cc(N[C@H]2CCN(C(=O)CN)C2)cc2nccnc12. The van der Waals surface area contributed by atoms with Crippen LogP contribution in [0.5, 0.6) is 0 Å². The molecule has 3 heterocycles. The highest BCUT2D eigenvalue weighted by Gasteiger charge is 2.25. The quantitative estimate of drug-likeness (QED) is 0.603. The van der Waals surface area contributed by atoms with Gasteiger partial charge >= 0.3 is 0 Å². The molecule has 2 aromatic heterocycles. The van der Waals surface area contributed by atoms with Crippen LogP contribution >= 0.6 is 0 Å². The van der Waals surface area contributed by atoms with E-state index in [1.54, 1.807) is 12.4 Å². The van der Waals surface area contributed by atoms with E-state index in [0.29, 0.717) is 6.54 Å². The lowest BCUT2D eigenvalue weighted by Crippen LogP contribution is -2.35. The normalized spacial score (nSPS) is 16.7. The van der Waals surface area contributed by atoms with Gasteiger partial charge in [-0.1, -0.05) is 12.7 Å². The third-order valence-corrected chi connectivity index (χ3v) is 5.82. The van der Waals surface area contributed by atoms with Gasteiger partial charge in [-0.05, 0) is 48.8 Å². The molecule has 1 fully saturated rings. The number of benzene rings is 1. The molecule has 0 saturated carbocycles. The molecule has 0 aliphatic carbocycles. The van der Waals surface area contributed by atoms with Crippen LogP contribution in [0.3, 0.4) is 0 Å². The number of aryl methyl sites for hydroxylation is 2. The van der Waals surface area contributed by atoms with Crippen molar-refractivity contribution >= 4 is 34.3 Å². The van der Waals surface area contributed by atoms with E-state index in [2.05, 4.69) is 51.6 Å². The topological polar surface area (TPSA) is 89.1 Å². The first kappa shape index (κ1) is 20.8. The number of hydrogen-bond acceptors (Lipinski definition) is 5. The van der Waals surface area contributed by atoms with E-state index in [1.807, 2.05) is 30.3 Å². The first-order valence-electron chi connectivity index (χ1n) is 10.5. The predicted octanol–water partition coefficient (Wildman–Crippen LogP) is 2.97. The fourth-order valence-corrected chi connectivity index (χ4v) is 4.12. The minimum absolute atomic E-state index is 0.0100. The highest BCUT2D eigenvalue weighted by Crippen LogP contribution is 2.30. The molecule has 1 aromatic carbocycles. The molecule has 1 saturated heterocycles. The van der Waals surface area contributed by atoms with Crippen molar-refractivity contribution < 1.29 is 4.79 Å². The highest BCUT2D eigenvalue weighted by molar-refractivity contribution is 5.99. The minimum Gasteiger partial charge on any atom is -0.380 e. The number of rotatable bonds is 6. The van der Waals surface area contributed by atoms with Gasteiger partial charge in [0.2, 0.25) is 5.91 Å². The molecule has 3 aromatic rings. The van der Waals surface area contributed by atoms with Crippen molar-refractivity contribution in [3.8, 4) is 0 Å². The number of amides is 1. The Bertz CT molecular complexity index is 1140. The zero-order chi connectivity index (χ0) is 22.0. The number of anilines is 1. The lowest BCUT2D eigenvalue weighted by atomic mass is 10.0. The summed E-state index contributed by atoms with van der Waals surface area (Å²) in [6.45, 7) is 7.57. The molecule has 160 valence electrons. The zero-order valence-corrected chi connectivity index (χ0v) is 18.0. The van der Waals surface area contributed by atoms with Crippen LogP contribution in [-0.2, 0) is 11.8 Å². The largest absolute Gasteiger partial charge is 0.380 e. The van der Waals surface area contributed by atoms with E-state index in [1.165, 1.54) is 5.56 Å². The lowest BCUT2D eigenvalue weighted by molar-refractivity contribution is -0.128. The zero-order valence-electron chi connectivity index (χ0n) is 18.0. The molecule has 31 heavy (non-hydrogen) atoms. The summed E-state index contributed by atoms with van der Waals surface area (Å²) in [5.41, 5.74) is 12.4. The standard InChI is InChI=1S/C24H28N6O/c1-4-17(11-22-16(2)5-9-29(22)3)20-12-19(13-21-24(20)27-8-7-26-21)28-18-6-10-30(15-18)23(31)14-25/h4-5,7-9,11-13,18,28H,1,6,10,14-15,25H2,2-3H3/b17-11+/t18-/m0/s1. The molecule has 1 aliphatic rings. The van der Waals surface area contributed by atoms with Gasteiger partial charge in [0, 0.05) is 61.7 Å². The van der Waals surface area contributed by atoms with Crippen LogP contribution in [0.1, 0.15) is 23.2 Å². The Kier molecular flexibility index (Phi) is 5.86. The minimum atomic E-state index is -0.0100.